The Morgan fingerprint density at radius 1 is 0.741 bits per heavy atom. The number of urea groups is 1. The van der Waals surface area contributed by atoms with Gasteiger partial charge in [-0.05, 0) is 32.1 Å². The molecule has 4 aliphatic heterocycles. The summed E-state index contributed by atoms with van der Waals surface area (Å²) in [5.41, 5.74) is 0. The predicted molar refractivity (Wildman–Crippen MR) is 107 cm³/mol. The van der Waals surface area contributed by atoms with Gasteiger partial charge in [-0.25, -0.2) is 4.79 Å². The van der Waals surface area contributed by atoms with E-state index < -0.39 is 0 Å². The summed E-state index contributed by atoms with van der Waals surface area (Å²) in [6.07, 6.45) is 5.02. The number of piperidine rings is 1. The van der Waals surface area contributed by atoms with Crippen molar-refractivity contribution in [2.24, 2.45) is 5.92 Å². The highest BCUT2D eigenvalue weighted by Crippen LogP contribution is 2.25. The fourth-order valence-corrected chi connectivity index (χ4v) is 4.97. The van der Waals surface area contributed by atoms with Crippen LogP contribution in [0.5, 0.6) is 0 Å². The minimum absolute atomic E-state index is 0. The number of hydrogen-bond acceptors (Lipinski definition) is 4. The van der Waals surface area contributed by atoms with Gasteiger partial charge in [-0.3, -0.25) is 9.69 Å². The Kier molecular flexibility index (Phi) is 7.22. The number of carbonyl (C=O) groups excluding carboxylic acids is 2. The van der Waals surface area contributed by atoms with Gasteiger partial charge in [0.15, 0.2) is 0 Å². The number of carbonyl (C=O) groups is 2. The van der Waals surface area contributed by atoms with Crippen LogP contribution in [0.2, 0.25) is 0 Å². The lowest BCUT2D eigenvalue weighted by Gasteiger charge is -2.36. The Bertz CT molecular complexity index is 514. The molecule has 27 heavy (non-hydrogen) atoms. The molecule has 1 atom stereocenters. The zero-order chi connectivity index (χ0) is 17.9. The van der Waals surface area contributed by atoms with Crippen molar-refractivity contribution < 1.29 is 9.59 Å². The lowest BCUT2D eigenvalue weighted by molar-refractivity contribution is -0.136. The van der Waals surface area contributed by atoms with E-state index in [1.165, 1.54) is 0 Å². The highest BCUT2D eigenvalue weighted by Gasteiger charge is 2.36. The molecule has 0 radical (unpaired) electrons. The van der Waals surface area contributed by atoms with Gasteiger partial charge >= 0.3 is 6.03 Å². The molecule has 7 nitrogen and oxygen atoms in total. The van der Waals surface area contributed by atoms with Crippen LogP contribution in [0.1, 0.15) is 32.1 Å². The van der Waals surface area contributed by atoms with E-state index in [-0.39, 0.29) is 24.4 Å². The van der Waals surface area contributed by atoms with Crippen LogP contribution in [0, 0.1) is 5.92 Å². The maximum Gasteiger partial charge on any atom is 0.319 e. The van der Waals surface area contributed by atoms with Crippen LogP contribution in [0.4, 0.5) is 4.79 Å². The normalized spacial score (nSPS) is 27.7. The smallest absolute Gasteiger partial charge is 0.319 e. The number of nitrogens with one attached hydrogen (secondary N) is 1. The minimum Gasteiger partial charge on any atom is -0.341 e. The highest BCUT2D eigenvalue weighted by atomic mass is 35.5. The summed E-state index contributed by atoms with van der Waals surface area (Å²) in [6.45, 7) is 9.40. The molecule has 4 aliphatic rings. The molecular weight excluding hydrogens is 366 g/mol. The van der Waals surface area contributed by atoms with E-state index in [4.69, 9.17) is 0 Å². The number of halogens is 1. The summed E-state index contributed by atoms with van der Waals surface area (Å²) in [7, 11) is 0. The van der Waals surface area contributed by atoms with Gasteiger partial charge in [0.25, 0.3) is 0 Å². The number of piperazine rings is 1. The van der Waals surface area contributed by atoms with Crippen LogP contribution in [-0.2, 0) is 4.79 Å². The van der Waals surface area contributed by atoms with Crippen LogP contribution in [0.3, 0.4) is 0 Å². The molecule has 0 aromatic rings. The van der Waals surface area contributed by atoms with Crippen LogP contribution >= 0.6 is 12.4 Å². The van der Waals surface area contributed by atoms with E-state index in [0.29, 0.717) is 11.9 Å². The molecule has 0 aromatic heterocycles. The molecule has 0 spiro atoms. The monoisotopic (exact) mass is 399 g/mol. The van der Waals surface area contributed by atoms with E-state index in [2.05, 4.69) is 15.1 Å². The van der Waals surface area contributed by atoms with Crippen molar-refractivity contribution in [3.05, 3.63) is 0 Å². The Hall–Kier alpha value is -1.05. The van der Waals surface area contributed by atoms with E-state index in [1.807, 2.05) is 9.80 Å². The number of nitrogens with zero attached hydrogens (tertiary/aromatic N) is 4. The van der Waals surface area contributed by atoms with Crippen molar-refractivity contribution in [3.63, 3.8) is 0 Å². The summed E-state index contributed by atoms with van der Waals surface area (Å²) >= 11 is 0. The highest BCUT2D eigenvalue weighted by molar-refractivity contribution is 5.85. The SMILES string of the molecule is Cl.O=C(C1CCN(C(=O)N2CCCC2)CC1)N1CCC(N2CCNCC2)C1. The molecule has 8 heteroatoms. The van der Waals surface area contributed by atoms with Gasteiger partial charge in [0.05, 0.1) is 0 Å². The Labute approximate surface area is 168 Å². The van der Waals surface area contributed by atoms with Gasteiger partial charge in [-0.2, -0.15) is 0 Å². The first-order valence-electron chi connectivity index (χ1n) is 10.5. The topological polar surface area (TPSA) is 59.1 Å². The molecule has 1 unspecified atom stereocenters. The average molecular weight is 400 g/mol. The van der Waals surface area contributed by atoms with Gasteiger partial charge in [-0.1, -0.05) is 0 Å². The summed E-state index contributed by atoms with van der Waals surface area (Å²) in [5, 5.41) is 3.40. The molecule has 0 aromatic carbocycles. The second kappa shape index (κ2) is 9.43. The van der Waals surface area contributed by atoms with Crippen molar-refractivity contribution in [1.82, 2.24) is 24.9 Å². The summed E-state index contributed by atoms with van der Waals surface area (Å²) in [4.78, 5) is 34.0. The van der Waals surface area contributed by atoms with Crippen molar-refractivity contribution in [1.29, 1.82) is 0 Å². The third-order valence-corrected chi connectivity index (χ3v) is 6.63. The van der Waals surface area contributed by atoms with Crippen molar-refractivity contribution in [2.45, 2.75) is 38.1 Å². The third kappa shape index (κ3) is 4.69. The lowest BCUT2D eigenvalue weighted by atomic mass is 9.95. The van der Waals surface area contributed by atoms with Crippen molar-refractivity contribution in [3.8, 4) is 0 Å². The first-order chi connectivity index (χ1) is 12.7. The Morgan fingerprint density at radius 2 is 1.33 bits per heavy atom. The van der Waals surface area contributed by atoms with Crippen LogP contribution in [-0.4, -0.2) is 103 Å². The molecule has 0 saturated carbocycles. The van der Waals surface area contributed by atoms with Crippen LogP contribution in [0.25, 0.3) is 0 Å². The molecule has 4 saturated heterocycles. The van der Waals surface area contributed by atoms with Gasteiger partial charge in [0.1, 0.15) is 0 Å². The zero-order valence-electron chi connectivity index (χ0n) is 16.3. The molecule has 0 bridgehead atoms. The van der Waals surface area contributed by atoms with Crippen molar-refractivity contribution in [2.75, 3.05) is 65.4 Å². The van der Waals surface area contributed by atoms with Crippen LogP contribution in [0.15, 0.2) is 0 Å². The number of amides is 3. The first-order valence-corrected chi connectivity index (χ1v) is 10.5. The fraction of sp³-hybridized carbons (Fsp3) is 0.895. The zero-order valence-corrected chi connectivity index (χ0v) is 17.1. The average Bonchev–Trinajstić information content (AvgIpc) is 3.40. The van der Waals surface area contributed by atoms with E-state index in [0.717, 1.165) is 97.6 Å². The fourth-order valence-electron chi connectivity index (χ4n) is 4.97. The molecule has 1 N–H and O–H groups in total. The first kappa shape index (κ1) is 20.7. The third-order valence-electron chi connectivity index (χ3n) is 6.63. The summed E-state index contributed by atoms with van der Waals surface area (Å²) in [5.74, 6) is 0.440. The van der Waals surface area contributed by atoms with Gasteiger partial charge in [0, 0.05) is 77.4 Å². The number of hydrogen-bond donors (Lipinski definition) is 1. The predicted octanol–water partition coefficient (Wildman–Crippen LogP) is 0.842. The Balaban J connectivity index is 0.00000210. The quantitative estimate of drug-likeness (QED) is 0.747. The molecule has 4 rings (SSSR count). The molecule has 4 heterocycles. The van der Waals surface area contributed by atoms with Gasteiger partial charge in [-0.15, -0.1) is 12.4 Å². The van der Waals surface area contributed by atoms with E-state index >= 15 is 0 Å². The lowest BCUT2D eigenvalue weighted by Crippen LogP contribution is -2.50. The second-order valence-corrected chi connectivity index (χ2v) is 8.25. The maximum atomic E-state index is 12.9. The minimum atomic E-state index is 0. The summed E-state index contributed by atoms with van der Waals surface area (Å²) < 4.78 is 0. The van der Waals surface area contributed by atoms with Crippen molar-refractivity contribution >= 4 is 24.3 Å². The molecule has 3 amide bonds. The van der Waals surface area contributed by atoms with E-state index in [1.54, 1.807) is 0 Å². The Morgan fingerprint density at radius 3 is 2.00 bits per heavy atom. The second-order valence-electron chi connectivity index (χ2n) is 8.25. The summed E-state index contributed by atoms with van der Waals surface area (Å²) in [6, 6.07) is 0.728. The molecular formula is C19H34ClN5O2. The molecule has 154 valence electrons. The number of likely N-dealkylation sites (tertiary alicyclic amines) is 3. The van der Waals surface area contributed by atoms with Gasteiger partial charge < -0.3 is 20.0 Å². The maximum absolute atomic E-state index is 12.9. The number of rotatable bonds is 2. The van der Waals surface area contributed by atoms with Gasteiger partial charge in [0.2, 0.25) is 5.91 Å². The molecule has 0 aliphatic carbocycles. The largest absolute Gasteiger partial charge is 0.341 e. The van der Waals surface area contributed by atoms with Crippen LogP contribution < -0.4 is 5.32 Å². The van der Waals surface area contributed by atoms with E-state index in [9.17, 15) is 9.59 Å². The standard InChI is InChI=1S/C19H33N5O2.ClH/c25-18(24-12-5-17(15-24)21-13-6-20-7-14-21)16-3-10-23(11-4-16)19(26)22-8-1-2-9-22;/h16-17,20H,1-15H2;1H. The molecule has 4 fully saturated rings.